The van der Waals surface area contributed by atoms with Gasteiger partial charge in [-0.1, -0.05) is 6.07 Å². The molecule has 2 amide bonds. The maximum absolute atomic E-state index is 12.5. The van der Waals surface area contributed by atoms with Crippen LogP contribution in [0.25, 0.3) is 0 Å². The van der Waals surface area contributed by atoms with Gasteiger partial charge in [0, 0.05) is 18.7 Å². The molecule has 0 aliphatic carbocycles. The van der Waals surface area contributed by atoms with Crippen LogP contribution in [0, 0.1) is 12.8 Å². The number of hydrogen-bond donors (Lipinski definition) is 2. The number of carbonyl (C=O) groups is 2. The summed E-state index contributed by atoms with van der Waals surface area (Å²) in [6.45, 7) is 2.41. The van der Waals surface area contributed by atoms with Crippen LogP contribution in [0.2, 0.25) is 0 Å². The molecule has 0 saturated carbocycles. The number of anilines is 2. The summed E-state index contributed by atoms with van der Waals surface area (Å²) in [6, 6.07) is 8.50. The number of carbonyl (C=O) groups excluding carboxylic acids is 2. The molecule has 3 rings (SSSR count). The average molecular weight is 391 g/mol. The van der Waals surface area contributed by atoms with Crippen LogP contribution in [0.3, 0.4) is 0 Å². The highest BCUT2D eigenvalue weighted by Gasteiger charge is 2.34. The van der Waals surface area contributed by atoms with E-state index >= 15 is 0 Å². The number of amides is 2. The first-order valence-electron chi connectivity index (χ1n) is 8.41. The zero-order chi connectivity index (χ0) is 19.6. The zero-order valence-electron chi connectivity index (χ0n) is 15.1. The third kappa shape index (κ3) is 4.88. The Labute approximate surface area is 157 Å². The van der Waals surface area contributed by atoms with Gasteiger partial charge in [0.2, 0.25) is 21.8 Å². The lowest BCUT2D eigenvalue weighted by Gasteiger charge is -2.15. The summed E-state index contributed by atoms with van der Waals surface area (Å²) in [6.07, 6.45) is 2.74. The van der Waals surface area contributed by atoms with Crippen LogP contribution >= 0.6 is 0 Å². The van der Waals surface area contributed by atoms with Gasteiger partial charge in [-0.15, -0.1) is 0 Å². The average Bonchev–Trinajstić information content (AvgIpc) is 3.20. The van der Waals surface area contributed by atoms with Gasteiger partial charge < -0.3 is 14.6 Å². The number of furan rings is 1. The van der Waals surface area contributed by atoms with E-state index in [1.54, 1.807) is 48.4 Å². The first kappa shape index (κ1) is 19.0. The highest BCUT2D eigenvalue weighted by atomic mass is 32.2. The molecule has 1 saturated heterocycles. The topological polar surface area (TPSA) is 109 Å². The van der Waals surface area contributed by atoms with Gasteiger partial charge in [0.15, 0.2) is 0 Å². The molecule has 1 aliphatic heterocycles. The second kappa shape index (κ2) is 7.43. The third-order valence-corrected chi connectivity index (χ3v) is 4.90. The van der Waals surface area contributed by atoms with Crippen molar-refractivity contribution in [3.05, 3.63) is 47.9 Å². The van der Waals surface area contributed by atoms with Crippen LogP contribution < -0.4 is 10.0 Å². The molecule has 1 aromatic carbocycles. The molecule has 2 heterocycles. The molecule has 27 heavy (non-hydrogen) atoms. The van der Waals surface area contributed by atoms with E-state index in [-0.39, 0.29) is 18.2 Å². The minimum atomic E-state index is -3.42. The Hall–Kier alpha value is -2.81. The quantitative estimate of drug-likeness (QED) is 0.782. The van der Waals surface area contributed by atoms with E-state index in [9.17, 15) is 18.0 Å². The van der Waals surface area contributed by atoms with E-state index in [4.69, 9.17) is 4.42 Å². The molecule has 144 valence electrons. The zero-order valence-corrected chi connectivity index (χ0v) is 15.9. The van der Waals surface area contributed by atoms with E-state index in [0.717, 1.165) is 11.8 Å². The second-order valence-electron chi connectivity index (χ2n) is 6.65. The van der Waals surface area contributed by atoms with Gasteiger partial charge in [-0.3, -0.25) is 14.3 Å². The highest BCUT2D eigenvalue weighted by molar-refractivity contribution is 7.92. The second-order valence-corrected chi connectivity index (χ2v) is 8.40. The van der Waals surface area contributed by atoms with Gasteiger partial charge in [0.25, 0.3) is 0 Å². The van der Waals surface area contributed by atoms with E-state index in [1.165, 1.54) is 0 Å². The number of hydrogen-bond acceptors (Lipinski definition) is 5. The van der Waals surface area contributed by atoms with Gasteiger partial charge in [-0.05, 0) is 36.8 Å². The Morgan fingerprint density at radius 3 is 2.78 bits per heavy atom. The Morgan fingerprint density at radius 2 is 2.11 bits per heavy atom. The van der Waals surface area contributed by atoms with Gasteiger partial charge in [0.1, 0.15) is 5.76 Å². The third-order valence-electron chi connectivity index (χ3n) is 4.31. The number of likely N-dealkylation sites (tertiary alicyclic amines) is 1. The number of rotatable bonds is 6. The van der Waals surface area contributed by atoms with Gasteiger partial charge in [-0.25, -0.2) is 8.42 Å². The lowest BCUT2D eigenvalue weighted by atomic mass is 10.1. The van der Waals surface area contributed by atoms with Gasteiger partial charge in [0.05, 0.1) is 30.7 Å². The normalized spacial score (nSPS) is 17.2. The first-order valence-corrected chi connectivity index (χ1v) is 10.3. The van der Waals surface area contributed by atoms with Crippen molar-refractivity contribution in [2.75, 3.05) is 22.8 Å². The molecule has 1 unspecified atom stereocenters. The molecule has 0 spiro atoms. The molecule has 1 fully saturated rings. The number of benzene rings is 1. The summed E-state index contributed by atoms with van der Waals surface area (Å²) in [4.78, 5) is 26.3. The maximum atomic E-state index is 12.5. The lowest BCUT2D eigenvalue weighted by molar-refractivity contribution is -0.128. The number of nitrogens with zero attached hydrogens (tertiary/aromatic N) is 1. The molecular weight excluding hydrogens is 370 g/mol. The minimum absolute atomic E-state index is 0.102. The number of nitrogens with one attached hydrogen (secondary N) is 2. The van der Waals surface area contributed by atoms with Gasteiger partial charge >= 0.3 is 0 Å². The standard InChI is InChI=1S/C18H21N3O5S/c1-12-5-6-14(9-16(12)20-27(2,24)25)19-18(23)13-8-17(22)21(10-13)11-15-4-3-7-26-15/h3-7,9,13,20H,8,10-11H2,1-2H3,(H,19,23). The molecule has 0 bridgehead atoms. The fourth-order valence-corrected chi connectivity index (χ4v) is 3.56. The Balaban J connectivity index is 1.65. The van der Waals surface area contributed by atoms with Crippen LogP contribution in [-0.4, -0.2) is 37.9 Å². The largest absolute Gasteiger partial charge is 0.467 e. The highest BCUT2D eigenvalue weighted by Crippen LogP contribution is 2.25. The fraction of sp³-hybridized carbons (Fsp3) is 0.333. The Morgan fingerprint density at radius 1 is 1.33 bits per heavy atom. The van der Waals surface area contributed by atoms with Crippen molar-refractivity contribution in [2.45, 2.75) is 19.9 Å². The predicted molar refractivity (Wildman–Crippen MR) is 101 cm³/mol. The van der Waals surface area contributed by atoms with Crippen molar-refractivity contribution in [2.24, 2.45) is 5.92 Å². The summed E-state index contributed by atoms with van der Waals surface area (Å²) in [7, 11) is -3.42. The maximum Gasteiger partial charge on any atom is 0.229 e. The molecule has 8 nitrogen and oxygen atoms in total. The van der Waals surface area contributed by atoms with E-state index < -0.39 is 15.9 Å². The van der Waals surface area contributed by atoms with E-state index in [0.29, 0.717) is 30.2 Å². The summed E-state index contributed by atoms with van der Waals surface area (Å²) in [5.41, 5.74) is 1.60. The lowest BCUT2D eigenvalue weighted by Crippen LogP contribution is -2.28. The van der Waals surface area contributed by atoms with Crippen molar-refractivity contribution in [3.63, 3.8) is 0 Å². The predicted octanol–water partition coefficient (Wildman–Crippen LogP) is 1.95. The van der Waals surface area contributed by atoms with Crippen LogP contribution in [0.1, 0.15) is 17.7 Å². The molecule has 2 N–H and O–H groups in total. The van der Waals surface area contributed by atoms with Gasteiger partial charge in [-0.2, -0.15) is 0 Å². The SMILES string of the molecule is Cc1ccc(NC(=O)C2CC(=O)N(Cc3ccco3)C2)cc1NS(C)(=O)=O. The van der Waals surface area contributed by atoms with Crippen LogP contribution in [-0.2, 0) is 26.2 Å². The number of aryl methyl sites for hydroxylation is 1. The van der Waals surface area contributed by atoms with Crippen LogP contribution in [0.4, 0.5) is 11.4 Å². The first-order chi connectivity index (χ1) is 12.7. The van der Waals surface area contributed by atoms with Crippen LogP contribution in [0.15, 0.2) is 41.0 Å². The molecule has 2 aromatic rings. The minimum Gasteiger partial charge on any atom is -0.467 e. The fourth-order valence-electron chi connectivity index (χ4n) is 2.95. The molecule has 0 radical (unpaired) electrons. The van der Waals surface area contributed by atoms with Crippen LogP contribution in [0.5, 0.6) is 0 Å². The molecule has 1 aromatic heterocycles. The monoisotopic (exact) mass is 391 g/mol. The molecular formula is C18H21N3O5S. The van der Waals surface area contributed by atoms with E-state index in [2.05, 4.69) is 10.0 Å². The Kier molecular flexibility index (Phi) is 5.22. The summed E-state index contributed by atoms with van der Waals surface area (Å²) in [5, 5.41) is 2.76. The Bertz CT molecular complexity index is 953. The van der Waals surface area contributed by atoms with Crippen molar-refractivity contribution >= 4 is 33.2 Å². The van der Waals surface area contributed by atoms with Crippen molar-refractivity contribution in [1.29, 1.82) is 0 Å². The summed E-state index contributed by atoms with van der Waals surface area (Å²) in [5.74, 6) is -0.186. The summed E-state index contributed by atoms with van der Waals surface area (Å²) < 4.78 is 30.6. The van der Waals surface area contributed by atoms with Crippen molar-refractivity contribution in [3.8, 4) is 0 Å². The molecule has 9 heteroatoms. The molecule has 1 atom stereocenters. The smallest absolute Gasteiger partial charge is 0.229 e. The number of sulfonamides is 1. The van der Waals surface area contributed by atoms with E-state index in [1.807, 2.05) is 0 Å². The molecule has 1 aliphatic rings. The summed E-state index contributed by atoms with van der Waals surface area (Å²) >= 11 is 0. The van der Waals surface area contributed by atoms with Crippen molar-refractivity contribution < 1.29 is 22.4 Å². The van der Waals surface area contributed by atoms with Crippen molar-refractivity contribution in [1.82, 2.24) is 4.90 Å².